The van der Waals surface area contributed by atoms with Crippen LogP contribution >= 0.6 is 0 Å². The number of nitrogens with zero attached hydrogens (tertiary/aromatic N) is 1. The van der Waals surface area contributed by atoms with E-state index in [9.17, 15) is 0 Å². The first-order valence-electron chi connectivity index (χ1n) is 5.69. The molecule has 1 aliphatic carbocycles. The fourth-order valence-electron chi connectivity index (χ4n) is 1.73. The second-order valence-electron chi connectivity index (χ2n) is 4.33. The number of hydrogen-bond acceptors (Lipinski definition) is 3. The van der Waals surface area contributed by atoms with Crippen LogP contribution in [0, 0.1) is 5.92 Å². The van der Waals surface area contributed by atoms with Gasteiger partial charge in [-0.15, -0.1) is 0 Å². The van der Waals surface area contributed by atoms with Crippen LogP contribution < -0.4 is 5.32 Å². The first-order chi connectivity index (χ1) is 7.92. The number of aromatic nitrogens is 2. The van der Waals surface area contributed by atoms with Crippen molar-refractivity contribution < 1.29 is 4.42 Å². The van der Waals surface area contributed by atoms with Gasteiger partial charge in [-0.1, -0.05) is 0 Å². The molecule has 1 aliphatic rings. The van der Waals surface area contributed by atoms with Crippen molar-refractivity contribution in [3.8, 4) is 11.3 Å². The molecule has 0 aromatic carbocycles. The van der Waals surface area contributed by atoms with Gasteiger partial charge in [-0.2, -0.15) is 0 Å². The van der Waals surface area contributed by atoms with Crippen LogP contribution in [0.5, 0.6) is 0 Å². The third-order valence-electron chi connectivity index (χ3n) is 2.88. The normalized spacial score (nSPS) is 15.5. The van der Waals surface area contributed by atoms with Gasteiger partial charge < -0.3 is 14.7 Å². The van der Waals surface area contributed by atoms with E-state index in [0.717, 1.165) is 36.1 Å². The Morgan fingerprint density at radius 2 is 2.44 bits per heavy atom. The summed E-state index contributed by atoms with van der Waals surface area (Å²) < 4.78 is 5.04. The van der Waals surface area contributed by atoms with Gasteiger partial charge in [0.1, 0.15) is 5.82 Å². The number of imidazole rings is 1. The molecule has 0 atom stereocenters. The highest BCUT2D eigenvalue weighted by atomic mass is 16.3. The van der Waals surface area contributed by atoms with E-state index in [1.807, 2.05) is 12.3 Å². The maximum absolute atomic E-state index is 5.04. The molecular formula is C12H15N3O. The quantitative estimate of drug-likeness (QED) is 0.807. The highest BCUT2D eigenvalue weighted by Crippen LogP contribution is 2.27. The Labute approximate surface area is 94.1 Å². The van der Waals surface area contributed by atoms with Gasteiger partial charge in [0.25, 0.3) is 0 Å². The van der Waals surface area contributed by atoms with Crippen molar-refractivity contribution in [2.24, 2.45) is 5.92 Å². The maximum atomic E-state index is 5.04. The molecule has 1 fully saturated rings. The number of aromatic amines is 1. The highest BCUT2D eigenvalue weighted by Gasteiger charge is 2.20. The van der Waals surface area contributed by atoms with Gasteiger partial charge in [0.05, 0.1) is 31.0 Å². The Kier molecular flexibility index (Phi) is 2.50. The number of nitrogens with one attached hydrogen (secondary N) is 2. The number of hydrogen-bond donors (Lipinski definition) is 2. The Hall–Kier alpha value is -1.55. The van der Waals surface area contributed by atoms with Gasteiger partial charge in [-0.3, -0.25) is 0 Å². The Bertz CT molecular complexity index is 443. The molecule has 0 unspecified atom stereocenters. The Balaban J connectivity index is 1.59. The molecule has 0 radical (unpaired) electrons. The molecule has 2 heterocycles. The number of rotatable bonds is 5. The largest absolute Gasteiger partial charge is 0.472 e. The smallest absolute Gasteiger partial charge is 0.120 e. The highest BCUT2D eigenvalue weighted by molar-refractivity contribution is 5.56. The molecule has 2 aromatic rings. The molecule has 0 amide bonds. The maximum Gasteiger partial charge on any atom is 0.120 e. The van der Waals surface area contributed by atoms with E-state index in [0.29, 0.717) is 0 Å². The van der Waals surface area contributed by atoms with Crippen LogP contribution in [0.1, 0.15) is 18.7 Å². The van der Waals surface area contributed by atoms with E-state index in [1.54, 1.807) is 12.5 Å². The summed E-state index contributed by atoms with van der Waals surface area (Å²) in [6, 6.07) is 1.93. The molecule has 2 N–H and O–H groups in total. The predicted molar refractivity (Wildman–Crippen MR) is 60.7 cm³/mol. The summed E-state index contributed by atoms with van der Waals surface area (Å²) in [5.41, 5.74) is 2.05. The zero-order valence-corrected chi connectivity index (χ0v) is 9.07. The zero-order chi connectivity index (χ0) is 10.8. The number of H-pyrrole nitrogens is 1. The molecule has 84 valence electrons. The van der Waals surface area contributed by atoms with Crippen LogP contribution in [0.2, 0.25) is 0 Å². The van der Waals surface area contributed by atoms with Crippen molar-refractivity contribution in [3.05, 3.63) is 30.6 Å². The van der Waals surface area contributed by atoms with Crippen molar-refractivity contribution >= 4 is 0 Å². The van der Waals surface area contributed by atoms with Crippen LogP contribution in [-0.2, 0) is 6.54 Å². The van der Waals surface area contributed by atoms with Crippen molar-refractivity contribution in [1.29, 1.82) is 0 Å². The first-order valence-corrected chi connectivity index (χ1v) is 5.69. The van der Waals surface area contributed by atoms with E-state index < -0.39 is 0 Å². The third-order valence-corrected chi connectivity index (χ3v) is 2.88. The van der Waals surface area contributed by atoms with Gasteiger partial charge in [0, 0.05) is 5.56 Å². The second-order valence-corrected chi connectivity index (χ2v) is 4.33. The third kappa shape index (κ3) is 2.17. The molecule has 4 heteroatoms. The molecule has 4 nitrogen and oxygen atoms in total. The van der Waals surface area contributed by atoms with Crippen molar-refractivity contribution in [1.82, 2.24) is 15.3 Å². The molecular weight excluding hydrogens is 202 g/mol. The van der Waals surface area contributed by atoms with Crippen molar-refractivity contribution in [2.75, 3.05) is 6.54 Å². The minimum absolute atomic E-state index is 0.814. The standard InChI is InChI=1S/C12H15N3O/c1-2-9(1)5-13-7-12-14-6-11(15-12)10-3-4-16-8-10/h3-4,6,8-9,13H,1-2,5,7H2,(H,14,15). The summed E-state index contributed by atoms with van der Waals surface area (Å²) in [7, 11) is 0. The summed E-state index contributed by atoms with van der Waals surface area (Å²) in [6.45, 7) is 1.93. The monoisotopic (exact) mass is 217 g/mol. The van der Waals surface area contributed by atoms with Gasteiger partial charge in [0.2, 0.25) is 0 Å². The molecule has 2 aromatic heterocycles. The zero-order valence-electron chi connectivity index (χ0n) is 9.07. The SMILES string of the molecule is c1cc(-c2cnc(CNCC3CC3)[nH]2)co1. The van der Waals surface area contributed by atoms with E-state index >= 15 is 0 Å². The molecule has 16 heavy (non-hydrogen) atoms. The van der Waals surface area contributed by atoms with Crippen LogP contribution in [0.4, 0.5) is 0 Å². The summed E-state index contributed by atoms with van der Waals surface area (Å²) in [4.78, 5) is 7.61. The summed E-state index contributed by atoms with van der Waals surface area (Å²) in [5, 5.41) is 3.41. The molecule has 0 bridgehead atoms. The van der Waals surface area contributed by atoms with Crippen molar-refractivity contribution in [2.45, 2.75) is 19.4 Å². The van der Waals surface area contributed by atoms with Crippen molar-refractivity contribution in [3.63, 3.8) is 0 Å². The summed E-state index contributed by atoms with van der Waals surface area (Å²) in [5.74, 6) is 1.89. The molecule has 0 aliphatic heterocycles. The van der Waals surface area contributed by atoms with E-state index in [-0.39, 0.29) is 0 Å². The second kappa shape index (κ2) is 4.14. The van der Waals surface area contributed by atoms with E-state index in [4.69, 9.17) is 4.42 Å². The lowest BCUT2D eigenvalue weighted by Crippen LogP contribution is -2.16. The first kappa shape index (κ1) is 9.66. The lowest BCUT2D eigenvalue weighted by Gasteiger charge is -1.99. The lowest BCUT2D eigenvalue weighted by atomic mass is 10.3. The summed E-state index contributed by atoms with van der Waals surface area (Å²) in [6.07, 6.45) is 7.99. The molecule has 0 spiro atoms. The molecule has 1 saturated carbocycles. The van der Waals surface area contributed by atoms with Gasteiger partial charge in [-0.25, -0.2) is 4.98 Å². The fourth-order valence-corrected chi connectivity index (χ4v) is 1.73. The predicted octanol–water partition coefficient (Wildman–Crippen LogP) is 2.17. The van der Waals surface area contributed by atoms with Gasteiger partial charge >= 0.3 is 0 Å². The average Bonchev–Trinajstić information content (AvgIpc) is 2.83. The van der Waals surface area contributed by atoms with Crippen LogP contribution in [0.25, 0.3) is 11.3 Å². The van der Waals surface area contributed by atoms with Gasteiger partial charge in [-0.05, 0) is 31.4 Å². The fraction of sp³-hybridized carbons (Fsp3) is 0.417. The van der Waals surface area contributed by atoms with Crippen LogP contribution in [0.3, 0.4) is 0 Å². The Morgan fingerprint density at radius 3 is 3.19 bits per heavy atom. The minimum atomic E-state index is 0.814. The molecule has 0 saturated heterocycles. The summed E-state index contributed by atoms with van der Waals surface area (Å²) >= 11 is 0. The van der Waals surface area contributed by atoms with E-state index in [1.165, 1.54) is 12.8 Å². The van der Waals surface area contributed by atoms with E-state index in [2.05, 4.69) is 15.3 Å². The average molecular weight is 217 g/mol. The number of furan rings is 1. The van der Waals surface area contributed by atoms with Crippen LogP contribution in [-0.4, -0.2) is 16.5 Å². The van der Waals surface area contributed by atoms with Gasteiger partial charge in [0.15, 0.2) is 0 Å². The lowest BCUT2D eigenvalue weighted by molar-refractivity contribution is 0.568. The topological polar surface area (TPSA) is 53.9 Å². The molecule has 3 rings (SSSR count). The minimum Gasteiger partial charge on any atom is -0.472 e. The Morgan fingerprint density at radius 1 is 1.50 bits per heavy atom. The van der Waals surface area contributed by atoms with Crippen LogP contribution in [0.15, 0.2) is 29.2 Å².